The van der Waals surface area contributed by atoms with E-state index in [1.54, 1.807) is 34.9 Å². The lowest BCUT2D eigenvalue weighted by Gasteiger charge is -2.27. The van der Waals surface area contributed by atoms with Crippen molar-refractivity contribution in [3.05, 3.63) is 48.2 Å². The number of fused-ring (bicyclic) bond motifs is 2. The number of carbonyl (C=O) groups excluding carboxylic acids is 1. The summed E-state index contributed by atoms with van der Waals surface area (Å²) in [5, 5.41) is 18.4. The molecule has 1 unspecified atom stereocenters. The Balaban J connectivity index is 1.41. The number of amides is 1. The Hall–Kier alpha value is -3.57. The van der Waals surface area contributed by atoms with Gasteiger partial charge in [-0.2, -0.15) is 9.61 Å². The Morgan fingerprint density at radius 3 is 2.78 bits per heavy atom. The van der Waals surface area contributed by atoms with Crippen molar-refractivity contribution in [3.63, 3.8) is 0 Å². The predicted molar refractivity (Wildman–Crippen MR) is 144 cm³/mol. The molecule has 37 heavy (non-hydrogen) atoms. The van der Waals surface area contributed by atoms with E-state index in [1.807, 2.05) is 20.8 Å². The largest absolute Gasteiger partial charge is 0.384 e. The number of nitrogens with zero attached hydrogens (tertiary/aromatic N) is 5. The zero-order chi connectivity index (χ0) is 26.5. The first-order chi connectivity index (χ1) is 17.6. The maximum Gasteiger partial charge on any atom is 0.250 e. The van der Waals surface area contributed by atoms with Gasteiger partial charge in [0, 0.05) is 54.3 Å². The van der Waals surface area contributed by atoms with Gasteiger partial charge in [-0.3, -0.25) is 9.78 Å². The maximum atomic E-state index is 13.8. The number of hydrogen-bond donors (Lipinski definition) is 3. The third-order valence-electron chi connectivity index (χ3n) is 7.38. The number of halogens is 1. The van der Waals surface area contributed by atoms with Gasteiger partial charge in [0.2, 0.25) is 0 Å². The molecule has 0 saturated heterocycles. The smallest absolute Gasteiger partial charge is 0.250 e. The van der Waals surface area contributed by atoms with Crippen LogP contribution in [0.4, 0.5) is 10.2 Å². The summed E-state index contributed by atoms with van der Waals surface area (Å²) in [7, 11) is 3.66. The Morgan fingerprint density at radius 1 is 1.32 bits per heavy atom. The molecule has 0 bridgehead atoms. The molecule has 3 aromatic heterocycles. The summed E-state index contributed by atoms with van der Waals surface area (Å²) in [6, 6.07) is 6.28. The first kappa shape index (κ1) is 25.1. The van der Waals surface area contributed by atoms with Crippen molar-refractivity contribution in [3.8, 4) is 11.1 Å². The SMILES string of the molecule is Bc1c(C(C)NCC2(CN(C)C(=O)[C@H](C)O)CC2)nc2c(-c3cnc4ccc(F)cc4c3)cnn2c1N. The van der Waals surface area contributed by atoms with E-state index in [4.69, 9.17) is 10.7 Å². The second-order valence-electron chi connectivity index (χ2n) is 10.3. The van der Waals surface area contributed by atoms with E-state index in [0.717, 1.165) is 35.1 Å². The van der Waals surface area contributed by atoms with Crippen molar-refractivity contribution in [2.75, 3.05) is 25.9 Å². The van der Waals surface area contributed by atoms with Gasteiger partial charge in [0.1, 0.15) is 25.6 Å². The van der Waals surface area contributed by atoms with Crippen molar-refractivity contribution >= 4 is 41.6 Å². The van der Waals surface area contributed by atoms with E-state index in [-0.39, 0.29) is 23.2 Å². The number of carbonyl (C=O) groups is 1. The minimum atomic E-state index is -1.00. The van der Waals surface area contributed by atoms with Crippen molar-refractivity contribution in [1.82, 2.24) is 29.8 Å². The molecule has 3 heterocycles. The van der Waals surface area contributed by atoms with Crippen LogP contribution in [0.1, 0.15) is 38.4 Å². The molecule has 4 aromatic rings. The Bertz CT molecular complexity index is 1500. The van der Waals surface area contributed by atoms with Crippen LogP contribution in [0, 0.1) is 11.2 Å². The zero-order valence-electron chi connectivity index (χ0n) is 21.5. The summed E-state index contributed by atoms with van der Waals surface area (Å²) in [4.78, 5) is 23.2. The summed E-state index contributed by atoms with van der Waals surface area (Å²) in [5.41, 5.74) is 11.0. The highest BCUT2D eigenvalue weighted by Crippen LogP contribution is 2.46. The molecule has 9 nitrogen and oxygen atoms in total. The van der Waals surface area contributed by atoms with Crippen LogP contribution in [0.3, 0.4) is 0 Å². The second kappa shape index (κ2) is 9.39. The molecule has 1 aromatic carbocycles. The third-order valence-corrected chi connectivity index (χ3v) is 7.38. The molecular weight excluding hydrogens is 472 g/mol. The lowest BCUT2D eigenvalue weighted by atomic mass is 9.91. The number of pyridine rings is 1. The number of nitrogens with one attached hydrogen (secondary N) is 1. The van der Waals surface area contributed by atoms with E-state index >= 15 is 0 Å². The number of aliphatic hydroxyl groups excluding tert-OH is 1. The lowest BCUT2D eigenvalue weighted by Crippen LogP contribution is -2.42. The Morgan fingerprint density at radius 2 is 2.08 bits per heavy atom. The van der Waals surface area contributed by atoms with E-state index < -0.39 is 6.10 Å². The summed E-state index contributed by atoms with van der Waals surface area (Å²) < 4.78 is 15.4. The molecule has 192 valence electrons. The summed E-state index contributed by atoms with van der Waals surface area (Å²) >= 11 is 0. The number of anilines is 1. The van der Waals surface area contributed by atoms with Gasteiger partial charge in [-0.1, -0.05) is 0 Å². The van der Waals surface area contributed by atoms with E-state index in [9.17, 15) is 14.3 Å². The molecule has 2 atom stereocenters. The molecule has 0 spiro atoms. The fourth-order valence-corrected chi connectivity index (χ4v) is 4.92. The van der Waals surface area contributed by atoms with Crippen molar-refractivity contribution in [1.29, 1.82) is 0 Å². The van der Waals surface area contributed by atoms with E-state index in [1.165, 1.54) is 19.1 Å². The maximum absolute atomic E-state index is 13.8. The molecule has 1 aliphatic carbocycles. The highest BCUT2D eigenvalue weighted by molar-refractivity contribution is 6.36. The summed E-state index contributed by atoms with van der Waals surface area (Å²) in [6.45, 7) is 4.84. The number of aliphatic hydroxyl groups is 1. The van der Waals surface area contributed by atoms with Crippen LogP contribution in [0.5, 0.6) is 0 Å². The predicted octanol–water partition coefficient (Wildman–Crippen LogP) is 1.19. The minimum Gasteiger partial charge on any atom is -0.384 e. The van der Waals surface area contributed by atoms with Crippen molar-refractivity contribution in [2.45, 2.75) is 38.8 Å². The molecule has 1 aliphatic rings. The average Bonchev–Trinajstić information content (AvgIpc) is 3.50. The first-order valence-corrected chi connectivity index (χ1v) is 12.4. The van der Waals surface area contributed by atoms with Crippen LogP contribution in [-0.2, 0) is 4.79 Å². The van der Waals surface area contributed by atoms with Gasteiger partial charge in [0.05, 0.1) is 17.4 Å². The lowest BCUT2D eigenvalue weighted by molar-refractivity contribution is -0.138. The number of hydrogen-bond acceptors (Lipinski definition) is 7. The van der Waals surface area contributed by atoms with Gasteiger partial charge in [-0.15, -0.1) is 0 Å². The molecule has 11 heteroatoms. The Kier molecular flexibility index (Phi) is 6.37. The van der Waals surface area contributed by atoms with Crippen molar-refractivity contribution in [2.24, 2.45) is 5.41 Å². The highest BCUT2D eigenvalue weighted by atomic mass is 19.1. The topological polar surface area (TPSA) is 122 Å². The molecule has 1 saturated carbocycles. The monoisotopic (exact) mass is 503 g/mol. The third kappa shape index (κ3) is 4.76. The van der Waals surface area contributed by atoms with E-state index in [2.05, 4.69) is 15.4 Å². The minimum absolute atomic E-state index is 0.00901. The molecule has 4 N–H and O–H groups in total. The molecule has 1 fully saturated rings. The number of nitrogen functional groups attached to an aromatic ring is 1. The average molecular weight is 503 g/mol. The van der Waals surface area contributed by atoms with Gasteiger partial charge in [-0.05, 0) is 56.4 Å². The number of likely N-dealkylation sites (N-methyl/N-ethyl adjacent to an activating group) is 1. The first-order valence-electron chi connectivity index (χ1n) is 12.4. The standard InChI is InChI=1S/C26H31BFN7O2/c1-14(31-12-26(6-7-26)13-34(3)25(37)15(2)36)22-21(27)23(29)35-24(33-22)19(11-32-35)17-8-16-9-18(28)4-5-20(16)30-10-17/h4-5,8-11,14-15,31,36H,6-7,12-13,27,29H2,1-3H3/t14?,15-/m0/s1. The van der Waals surface area contributed by atoms with Gasteiger partial charge in [0.15, 0.2) is 5.65 Å². The fourth-order valence-electron chi connectivity index (χ4n) is 4.92. The van der Waals surface area contributed by atoms with Gasteiger partial charge < -0.3 is 21.1 Å². The molecule has 5 rings (SSSR count). The van der Waals surface area contributed by atoms with Crippen LogP contribution in [-0.4, -0.2) is 69.6 Å². The molecule has 0 radical (unpaired) electrons. The second-order valence-corrected chi connectivity index (χ2v) is 10.3. The molecular formula is C26H31BFN7O2. The van der Waals surface area contributed by atoms with E-state index in [0.29, 0.717) is 35.5 Å². The number of nitrogens with two attached hydrogens (primary N) is 1. The van der Waals surface area contributed by atoms with Crippen molar-refractivity contribution < 1.29 is 14.3 Å². The van der Waals surface area contributed by atoms with Gasteiger partial charge >= 0.3 is 0 Å². The normalized spacial score (nSPS) is 16.1. The quantitative estimate of drug-likeness (QED) is 0.309. The fraction of sp³-hybridized carbons (Fsp3) is 0.385. The molecule has 1 amide bonds. The van der Waals surface area contributed by atoms with Crippen LogP contribution >= 0.6 is 0 Å². The Labute approximate surface area is 215 Å². The van der Waals surface area contributed by atoms with Gasteiger partial charge in [0.25, 0.3) is 5.91 Å². The summed E-state index contributed by atoms with van der Waals surface area (Å²) in [5.74, 6) is -0.0845. The zero-order valence-corrected chi connectivity index (χ0v) is 21.5. The number of benzene rings is 1. The van der Waals surface area contributed by atoms with Crippen LogP contribution in [0.25, 0.3) is 27.7 Å². The highest BCUT2D eigenvalue weighted by Gasteiger charge is 2.44. The van der Waals surface area contributed by atoms with Crippen LogP contribution in [0.2, 0.25) is 0 Å². The van der Waals surface area contributed by atoms with Gasteiger partial charge in [-0.25, -0.2) is 9.37 Å². The summed E-state index contributed by atoms with van der Waals surface area (Å²) in [6.07, 6.45) is 4.46. The number of aromatic nitrogens is 4. The van der Waals surface area contributed by atoms with Crippen LogP contribution in [0.15, 0.2) is 36.7 Å². The molecule has 0 aliphatic heterocycles. The number of rotatable bonds is 8. The van der Waals surface area contributed by atoms with Crippen LogP contribution < -0.4 is 16.5 Å².